The molecule has 0 N–H and O–H groups in total. The molecule has 2 heterocycles. The van der Waals surface area contributed by atoms with E-state index in [0.717, 1.165) is 38.7 Å². The van der Waals surface area contributed by atoms with Crippen molar-refractivity contribution in [2.45, 2.75) is 39.0 Å². The number of benzene rings is 1. The second-order valence-corrected chi connectivity index (χ2v) is 6.59. The number of hydrogen-bond acceptors (Lipinski definition) is 5. The molecular formula is C18H23F3N4O. The lowest BCUT2D eigenvalue weighted by Gasteiger charge is -2.36. The molecule has 0 spiro atoms. The quantitative estimate of drug-likeness (QED) is 0.808. The molecule has 1 aliphatic heterocycles. The summed E-state index contributed by atoms with van der Waals surface area (Å²) in [6.07, 6.45) is -3.56. The molecule has 1 fully saturated rings. The fraction of sp³-hybridized carbons (Fsp3) is 0.556. The Balaban J connectivity index is 1.55. The first kappa shape index (κ1) is 18.8. The summed E-state index contributed by atoms with van der Waals surface area (Å²) in [5.41, 5.74) is 0.0937. The Hall–Kier alpha value is -1.93. The molecule has 1 saturated heterocycles. The maximum atomic E-state index is 12.8. The topological polar surface area (TPSA) is 45.4 Å². The molecule has 0 radical (unpaired) electrons. The Labute approximate surface area is 150 Å². The van der Waals surface area contributed by atoms with Crippen molar-refractivity contribution in [1.82, 2.24) is 19.9 Å². The third kappa shape index (κ3) is 4.42. The Morgan fingerprint density at radius 3 is 2.54 bits per heavy atom. The monoisotopic (exact) mass is 368 g/mol. The summed E-state index contributed by atoms with van der Waals surface area (Å²) in [6.45, 7) is 7.73. The van der Waals surface area contributed by atoms with Gasteiger partial charge in [0.2, 0.25) is 5.89 Å². The van der Waals surface area contributed by atoms with Crippen molar-refractivity contribution < 1.29 is 17.7 Å². The van der Waals surface area contributed by atoms with Gasteiger partial charge in [0.05, 0.1) is 11.6 Å². The first-order chi connectivity index (χ1) is 12.4. The highest BCUT2D eigenvalue weighted by molar-refractivity contribution is 5.25. The Bertz CT molecular complexity index is 723. The van der Waals surface area contributed by atoms with Crippen LogP contribution in [0.5, 0.6) is 0 Å². The standard InChI is InChI=1S/C18H23F3N4O/c1-3-16-22-17(26-23-16)13(2)25-9-7-24(8-10-25)12-14-5-4-6-15(11-14)18(19,20)21/h4-6,11,13H,3,7-10,12H2,1-2H3. The summed E-state index contributed by atoms with van der Waals surface area (Å²) in [4.78, 5) is 8.81. The number of piperazine rings is 1. The number of alkyl halides is 3. The fourth-order valence-electron chi connectivity index (χ4n) is 3.15. The van der Waals surface area contributed by atoms with Gasteiger partial charge in [-0.1, -0.05) is 30.3 Å². The lowest BCUT2D eigenvalue weighted by molar-refractivity contribution is -0.137. The molecule has 0 aliphatic carbocycles. The van der Waals surface area contributed by atoms with Crippen LogP contribution >= 0.6 is 0 Å². The molecule has 0 saturated carbocycles. The summed E-state index contributed by atoms with van der Waals surface area (Å²) in [5, 5.41) is 3.93. The molecule has 26 heavy (non-hydrogen) atoms. The van der Waals surface area contributed by atoms with Gasteiger partial charge in [0.25, 0.3) is 0 Å². The molecule has 1 aliphatic rings. The highest BCUT2D eigenvalue weighted by Crippen LogP contribution is 2.30. The van der Waals surface area contributed by atoms with E-state index in [4.69, 9.17) is 4.52 Å². The van der Waals surface area contributed by atoms with Crippen LogP contribution in [0.25, 0.3) is 0 Å². The van der Waals surface area contributed by atoms with Crippen molar-refractivity contribution in [3.8, 4) is 0 Å². The maximum Gasteiger partial charge on any atom is 0.416 e. The maximum absolute atomic E-state index is 12.8. The third-order valence-electron chi connectivity index (χ3n) is 4.77. The second-order valence-electron chi connectivity index (χ2n) is 6.59. The molecule has 5 nitrogen and oxygen atoms in total. The minimum Gasteiger partial charge on any atom is -0.338 e. The van der Waals surface area contributed by atoms with Crippen LogP contribution in [0.4, 0.5) is 13.2 Å². The van der Waals surface area contributed by atoms with Crippen molar-refractivity contribution in [3.05, 3.63) is 47.1 Å². The number of aryl methyl sites for hydroxylation is 1. The van der Waals surface area contributed by atoms with Crippen molar-refractivity contribution >= 4 is 0 Å². The second kappa shape index (κ2) is 7.75. The zero-order valence-corrected chi connectivity index (χ0v) is 15.0. The van der Waals surface area contributed by atoms with Crippen molar-refractivity contribution in [2.24, 2.45) is 0 Å². The minimum atomic E-state index is -4.30. The predicted molar refractivity (Wildman–Crippen MR) is 90.4 cm³/mol. The molecule has 3 rings (SSSR count). The highest BCUT2D eigenvalue weighted by Gasteiger charge is 2.31. The molecule has 1 atom stereocenters. The Kier molecular flexibility index (Phi) is 5.62. The third-order valence-corrected chi connectivity index (χ3v) is 4.77. The van der Waals surface area contributed by atoms with Gasteiger partial charge in [-0.3, -0.25) is 9.80 Å². The zero-order chi connectivity index (χ0) is 18.7. The van der Waals surface area contributed by atoms with E-state index in [1.807, 2.05) is 13.8 Å². The number of halogens is 3. The van der Waals surface area contributed by atoms with E-state index in [9.17, 15) is 13.2 Å². The SMILES string of the molecule is CCc1noc(C(C)N2CCN(Cc3cccc(C(F)(F)F)c3)CC2)n1. The Morgan fingerprint density at radius 1 is 1.19 bits per heavy atom. The van der Waals surface area contributed by atoms with Crippen LogP contribution in [-0.2, 0) is 19.1 Å². The van der Waals surface area contributed by atoms with Gasteiger partial charge < -0.3 is 4.52 Å². The number of aromatic nitrogens is 2. The van der Waals surface area contributed by atoms with E-state index in [0.29, 0.717) is 23.8 Å². The van der Waals surface area contributed by atoms with E-state index < -0.39 is 11.7 Å². The van der Waals surface area contributed by atoms with Gasteiger partial charge in [-0.2, -0.15) is 18.2 Å². The van der Waals surface area contributed by atoms with Gasteiger partial charge in [-0.15, -0.1) is 0 Å². The summed E-state index contributed by atoms with van der Waals surface area (Å²) >= 11 is 0. The Morgan fingerprint density at radius 2 is 1.92 bits per heavy atom. The van der Waals surface area contributed by atoms with Gasteiger partial charge >= 0.3 is 6.18 Å². The van der Waals surface area contributed by atoms with Crippen molar-refractivity contribution in [2.75, 3.05) is 26.2 Å². The van der Waals surface area contributed by atoms with E-state index in [1.165, 1.54) is 12.1 Å². The normalized spacial score (nSPS) is 18.2. The van der Waals surface area contributed by atoms with Crippen LogP contribution in [0, 0.1) is 0 Å². The zero-order valence-electron chi connectivity index (χ0n) is 15.0. The average Bonchev–Trinajstić information content (AvgIpc) is 3.10. The predicted octanol–water partition coefficient (Wildman–Crippen LogP) is 3.53. The van der Waals surface area contributed by atoms with Crippen LogP contribution in [0.3, 0.4) is 0 Å². The molecule has 142 valence electrons. The van der Waals surface area contributed by atoms with Crippen molar-refractivity contribution in [3.63, 3.8) is 0 Å². The summed E-state index contributed by atoms with van der Waals surface area (Å²) in [5.74, 6) is 1.32. The van der Waals surface area contributed by atoms with Crippen LogP contribution in [0.1, 0.15) is 42.7 Å². The van der Waals surface area contributed by atoms with E-state index >= 15 is 0 Å². The summed E-state index contributed by atoms with van der Waals surface area (Å²) < 4.78 is 43.8. The van der Waals surface area contributed by atoms with Crippen LogP contribution in [0.15, 0.2) is 28.8 Å². The molecule has 1 aromatic carbocycles. The van der Waals surface area contributed by atoms with Crippen LogP contribution in [-0.4, -0.2) is 46.1 Å². The van der Waals surface area contributed by atoms with Gasteiger partial charge in [0.1, 0.15) is 0 Å². The summed E-state index contributed by atoms with van der Waals surface area (Å²) in [7, 11) is 0. The van der Waals surface area contributed by atoms with E-state index in [1.54, 1.807) is 6.07 Å². The van der Waals surface area contributed by atoms with Crippen molar-refractivity contribution in [1.29, 1.82) is 0 Å². The molecule has 8 heteroatoms. The lowest BCUT2D eigenvalue weighted by atomic mass is 10.1. The number of rotatable bonds is 5. The number of nitrogens with zero attached hydrogens (tertiary/aromatic N) is 4. The number of hydrogen-bond donors (Lipinski definition) is 0. The van der Waals surface area contributed by atoms with Crippen LogP contribution in [0.2, 0.25) is 0 Å². The first-order valence-electron chi connectivity index (χ1n) is 8.82. The van der Waals surface area contributed by atoms with Crippen LogP contribution < -0.4 is 0 Å². The van der Waals surface area contributed by atoms with E-state index in [2.05, 4.69) is 19.9 Å². The first-order valence-corrected chi connectivity index (χ1v) is 8.82. The average molecular weight is 368 g/mol. The highest BCUT2D eigenvalue weighted by atomic mass is 19.4. The molecule has 0 amide bonds. The fourth-order valence-corrected chi connectivity index (χ4v) is 3.15. The van der Waals surface area contributed by atoms with Gasteiger partial charge in [-0.25, -0.2) is 0 Å². The largest absolute Gasteiger partial charge is 0.416 e. The van der Waals surface area contributed by atoms with Gasteiger partial charge in [0.15, 0.2) is 5.82 Å². The molecule has 2 aromatic rings. The molecule has 1 unspecified atom stereocenters. The molecular weight excluding hydrogens is 345 g/mol. The molecule has 0 bridgehead atoms. The smallest absolute Gasteiger partial charge is 0.338 e. The minimum absolute atomic E-state index is 0.0403. The summed E-state index contributed by atoms with van der Waals surface area (Å²) in [6, 6.07) is 5.60. The molecule has 1 aromatic heterocycles. The van der Waals surface area contributed by atoms with Gasteiger partial charge in [-0.05, 0) is 18.6 Å². The van der Waals surface area contributed by atoms with E-state index in [-0.39, 0.29) is 6.04 Å². The van der Waals surface area contributed by atoms with Gasteiger partial charge in [0, 0.05) is 39.1 Å². The lowest BCUT2D eigenvalue weighted by Crippen LogP contribution is -2.46.